The standard InChI is InChI=1S/C16H17N5OS/c22-14(10-12-2-1-3-13-15(12)20-23-19-13)21-8-4-11(5-9-21)16-17-6-7-18-16/h1-3,6-7,11H,4-5,8-10H2,(H,17,18). The molecule has 0 saturated carbocycles. The highest BCUT2D eigenvalue weighted by Crippen LogP contribution is 2.26. The van der Waals surface area contributed by atoms with Crippen molar-refractivity contribution in [1.29, 1.82) is 0 Å². The topological polar surface area (TPSA) is 74.8 Å². The minimum absolute atomic E-state index is 0.170. The van der Waals surface area contributed by atoms with E-state index < -0.39 is 0 Å². The molecule has 1 fully saturated rings. The van der Waals surface area contributed by atoms with Crippen LogP contribution in [0.5, 0.6) is 0 Å². The number of carbonyl (C=O) groups excluding carboxylic acids is 1. The van der Waals surface area contributed by atoms with Crippen LogP contribution in [0.25, 0.3) is 11.0 Å². The second-order valence-electron chi connectivity index (χ2n) is 5.86. The van der Waals surface area contributed by atoms with E-state index in [1.807, 2.05) is 29.3 Å². The van der Waals surface area contributed by atoms with Gasteiger partial charge in [-0.2, -0.15) is 8.75 Å². The van der Waals surface area contributed by atoms with Gasteiger partial charge in [-0.3, -0.25) is 4.79 Å². The molecule has 7 heteroatoms. The Balaban J connectivity index is 1.41. The third kappa shape index (κ3) is 2.84. The molecule has 0 unspecified atom stereocenters. The Labute approximate surface area is 137 Å². The van der Waals surface area contributed by atoms with E-state index in [0.717, 1.165) is 48.4 Å². The zero-order valence-electron chi connectivity index (χ0n) is 12.6. The fourth-order valence-corrected chi connectivity index (χ4v) is 3.75. The molecule has 3 heterocycles. The van der Waals surface area contributed by atoms with E-state index in [1.54, 1.807) is 6.20 Å². The molecule has 4 rings (SSSR count). The first-order valence-corrected chi connectivity index (χ1v) is 8.51. The molecule has 0 radical (unpaired) electrons. The lowest BCUT2D eigenvalue weighted by Gasteiger charge is -2.31. The van der Waals surface area contributed by atoms with Gasteiger partial charge in [0.15, 0.2) is 0 Å². The molecule has 0 aliphatic carbocycles. The maximum atomic E-state index is 12.6. The van der Waals surface area contributed by atoms with E-state index in [2.05, 4.69) is 18.7 Å². The van der Waals surface area contributed by atoms with E-state index in [0.29, 0.717) is 12.3 Å². The zero-order valence-corrected chi connectivity index (χ0v) is 13.4. The lowest BCUT2D eigenvalue weighted by molar-refractivity contribution is -0.131. The van der Waals surface area contributed by atoms with Gasteiger partial charge >= 0.3 is 0 Å². The summed E-state index contributed by atoms with van der Waals surface area (Å²) in [6.45, 7) is 1.57. The first-order valence-electron chi connectivity index (χ1n) is 7.78. The summed E-state index contributed by atoms with van der Waals surface area (Å²) in [5, 5.41) is 0. The average molecular weight is 327 g/mol. The fourth-order valence-electron chi connectivity index (χ4n) is 3.18. The minimum atomic E-state index is 0.170. The van der Waals surface area contributed by atoms with Crippen molar-refractivity contribution in [2.75, 3.05) is 13.1 Å². The molecule has 0 bridgehead atoms. The smallest absolute Gasteiger partial charge is 0.227 e. The summed E-state index contributed by atoms with van der Waals surface area (Å²) in [5.41, 5.74) is 2.70. The van der Waals surface area contributed by atoms with Gasteiger partial charge in [0.25, 0.3) is 0 Å². The number of piperidine rings is 1. The molecule has 3 aromatic rings. The highest BCUT2D eigenvalue weighted by atomic mass is 32.1. The second-order valence-corrected chi connectivity index (χ2v) is 6.38. The zero-order chi connectivity index (χ0) is 15.6. The summed E-state index contributed by atoms with van der Waals surface area (Å²) < 4.78 is 8.54. The molecule has 1 aliphatic rings. The lowest BCUT2D eigenvalue weighted by Crippen LogP contribution is -2.39. The number of imidazole rings is 1. The van der Waals surface area contributed by atoms with Crippen molar-refractivity contribution in [3.05, 3.63) is 42.0 Å². The van der Waals surface area contributed by atoms with E-state index in [4.69, 9.17) is 0 Å². The van der Waals surface area contributed by atoms with E-state index in [1.165, 1.54) is 11.7 Å². The van der Waals surface area contributed by atoms with Crippen molar-refractivity contribution in [3.8, 4) is 0 Å². The summed E-state index contributed by atoms with van der Waals surface area (Å²) in [4.78, 5) is 22.1. The quantitative estimate of drug-likeness (QED) is 0.801. The summed E-state index contributed by atoms with van der Waals surface area (Å²) in [6, 6.07) is 5.84. The Bertz CT molecular complexity index is 805. The molecular weight excluding hydrogens is 310 g/mol. The average Bonchev–Trinajstić information content (AvgIpc) is 3.27. The van der Waals surface area contributed by atoms with Crippen LogP contribution in [0.2, 0.25) is 0 Å². The Morgan fingerprint density at radius 3 is 2.96 bits per heavy atom. The van der Waals surface area contributed by atoms with Crippen LogP contribution in [0.4, 0.5) is 0 Å². The number of nitrogens with zero attached hydrogens (tertiary/aromatic N) is 4. The van der Waals surface area contributed by atoms with Crippen LogP contribution in [-0.4, -0.2) is 42.6 Å². The van der Waals surface area contributed by atoms with E-state index in [-0.39, 0.29) is 5.91 Å². The summed E-state index contributed by atoms with van der Waals surface area (Å²) >= 11 is 1.19. The van der Waals surface area contributed by atoms with Crippen LogP contribution in [0, 0.1) is 0 Å². The van der Waals surface area contributed by atoms with Crippen molar-refractivity contribution in [2.24, 2.45) is 0 Å². The van der Waals surface area contributed by atoms with Gasteiger partial charge in [0.2, 0.25) is 5.91 Å². The first kappa shape index (κ1) is 14.3. The minimum Gasteiger partial charge on any atom is -0.348 e. The van der Waals surface area contributed by atoms with Gasteiger partial charge in [0.1, 0.15) is 16.9 Å². The number of hydrogen-bond donors (Lipinski definition) is 1. The van der Waals surface area contributed by atoms with Crippen molar-refractivity contribution >= 4 is 28.7 Å². The van der Waals surface area contributed by atoms with Crippen molar-refractivity contribution in [3.63, 3.8) is 0 Å². The molecular formula is C16H17N5OS. The van der Waals surface area contributed by atoms with Crippen LogP contribution in [0.15, 0.2) is 30.6 Å². The number of rotatable bonds is 3. The number of benzene rings is 1. The Morgan fingerprint density at radius 1 is 1.30 bits per heavy atom. The van der Waals surface area contributed by atoms with Gasteiger partial charge in [-0.1, -0.05) is 12.1 Å². The van der Waals surface area contributed by atoms with Crippen LogP contribution >= 0.6 is 11.7 Å². The Kier molecular flexibility index (Phi) is 3.78. The van der Waals surface area contributed by atoms with Gasteiger partial charge in [0.05, 0.1) is 18.1 Å². The maximum absolute atomic E-state index is 12.6. The van der Waals surface area contributed by atoms with Gasteiger partial charge in [-0.25, -0.2) is 4.98 Å². The third-order valence-electron chi connectivity index (χ3n) is 4.46. The first-order chi connectivity index (χ1) is 11.3. The Morgan fingerprint density at radius 2 is 2.17 bits per heavy atom. The monoisotopic (exact) mass is 327 g/mol. The predicted octanol–water partition coefficient (Wildman–Crippen LogP) is 2.36. The number of hydrogen-bond acceptors (Lipinski definition) is 5. The van der Waals surface area contributed by atoms with Crippen LogP contribution in [-0.2, 0) is 11.2 Å². The number of aromatic nitrogens is 4. The fraction of sp³-hybridized carbons (Fsp3) is 0.375. The highest BCUT2D eigenvalue weighted by molar-refractivity contribution is 7.00. The lowest BCUT2D eigenvalue weighted by atomic mass is 9.95. The van der Waals surface area contributed by atoms with Gasteiger partial charge < -0.3 is 9.88 Å². The van der Waals surface area contributed by atoms with Crippen molar-refractivity contribution in [2.45, 2.75) is 25.2 Å². The summed E-state index contributed by atoms with van der Waals surface area (Å²) in [5.74, 6) is 1.64. The summed E-state index contributed by atoms with van der Waals surface area (Å²) in [7, 11) is 0. The molecule has 118 valence electrons. The largest absolute Gasteiger partial charge is 0.348 e. The third-order valence-corrected chi connectivity index (χ3v) is 5.01. The molecule has 1 aromatic carbocycles. The predicted molar refractivity (Wildman–Crippen MR) is 88.3 cm³/mol. The van der Waals surface area contributed by atoms with Gasteiger partial charge in [-0.15, -0.1) is 0 Å². The normalized spacial score (nSPS) is 16.1. The summed E-state index contributed by atoms with van der Waals surface area (Å²) in [6.07, 6.45) is 5.96. The van der Waals surface area contributed by atoms with Crippen molar-refractivity contribution < 1.29 is 4.79 Å². The molecule has 23 heavy (non-hydrogen) atoms. The number of fused-ring (bicyclic) bond motifs is 1. The maximum Gasteiger partial charge on any atom is 0.227 e. The molecule has 1 N–H and O–H groups in total. The number of likely N-dealkylation sites (tertiary alicyclic amines) is 1. The number of amides is 1. The number of H-pyrrole nitrogens is 1. The van der Waals surface area contributed by atoms with Crippen LogP contribution in [0.1, 0.15) is 30.1 Å². The number of carbonyl (C=O) groups is 1. The highest BCUT2D eigenvalue weighted by Gasteiger charge is 2.25. The molecule has 0 atom stereocenters. The molecule has 1 saturated heterocycles. The van der Waals surface area contributed by atoms with Gasteiger partial charge in [0, 0.05) is 31.4 Å². The van der Waals surface area contributed by atoms with Crippen LogP contribution in [0.3, 0.4) is 0 Å². The van der Waals surface area contributed by atoms with Crippen molar-refractivity contribution in [1.82, 2.24) is 23.6 Å². The SMILES string of the molecule is O=C(Cc1cccc2nsnc12)N1CCC(c2ncc[nH]2)CC1. The van der Waals surface area contributed by atoms with E-state index in [9.17, 15) is 4.79 Å². The number of aromatic amines is 1. The number of nitrogens with one attached hydrogen (secondary N) is 1. The molecule has 0 spiro atoms. The molecule has 2 aromatic heterocycles. The van der Waals surface area contributed by atoms with Gasteiger partial charge in [-0.05, 0) is 24.5 Å². The molecule has 1 amide bonds. The Hall–Kier alpha value is -2.28. The van der Waals surface area contributed by atoms with E-state index >= 15 is 0 Å². The van der Waals surface area contributed by atoms with Crippen LogP contribution < -0.4 is 0 Å². The second kappa shape index (κ2) is 6.08. The molecule has 6 nitrogen and oxygen atoms in total. The molecule has 1 aliphatic heterocycles.